The number of nitrogens with zero attached hydrogens (tertiary/aromatic N) is 1. The molecule has 0 aromatic carbocycles. The Morgan fingerprint density at radius 2 is 2.04 bits per heavy atom. The maximum Gasteiger partial charge on any atom is 1.00 e. The number of aliphatic carboxylic acids is 1. The molecule has 1 aliphatic rings. The van der Waals surface area contributed by atoms with Crippen LogP contribution in [-0.4, -0.2) is 36.3 Å². The van der Waals surface area contributed by atoms with Crippen molar-refractivity contribution in [2.45, 2.75) is 45.4 Å². The molecule has 6 heteroatoms. The number of fused-ring (bicyclic) bond motifs is 1. The molecule has 1 aliphatic heterocycles. The molecule has 0 bridgehead atoms. The monoisotopic (exact) mass is 356 g/mol. The zero-order valence-corrected chi connectivity index (χ0v) is 16.7. The summed E-state index contributed by atoms with van der Waals surface area (Å²) in [5.74, 6) is 0.0489. The second-order valence-corrected chi connectivity index (χ2v) is 5.82. The van der Waals surface area contributed by atoms with Crippen LogP contribution in [-0.2, 0) is 22.4 Å². The first kappa shape index (κ1) is 27.2. The van der Waals surface area contributed by atoms with Crippen LogP contribution in [0.1, 0.15) is 43.9 Å². The van der Waals surface area contributed by atoms with Gasteiger partial charge in [-0.15, -0.1) is 0 Å². The Kier molecular flexibility index (Phi) is 18.2. The molecule has 0 radical (unpaired) electrons. The summed E-state index contributed by atoms with van der Waals surface area (Å²) in [6, 6.07) is 4.37. The Hall–Kier alpha value is -1.02. The van der Waals surface area contributed by atoms with Crippen LogP contribution in [0.5, 0.6) is 0 Å². The van der Waals surface area contributed by atoms with Crippen molar-refractivity contribution in [1.82, 2.24) is 4.98 Å². The van der Waals surface area contributed by atoms with Crippen molar-refractivity contribution < 1.29 is 33.5 Å². The molecule has 2 N–H and O–H groups in total. The van der Waals surface area contributed by atoms with Crippen molar-refractivity contribution in [3.63, 3.8) is 0 Å². The van der Waals surface area contributed by atoms with Crippen molar-refractivity contribution >= 4 is 11.8 Å². The predicted octanol–water partition coefficient (Wildman–Crippen LogP) is 0.999. The number of nitrogens with one attached hydrogen (secondary N) is 1. The predicted molar refractivity (Wildman–Crippen MR) is 103 cm³/mol. The van der Waals surface area contributed by atoms with Crippen molar-refractivity contribution in [1.29, 1.82) is 0 Å². The van der Waals surface area contributed by atoms with Crippen LogP contribution >= 0.6 is 0 Å². The summed E-state index contributed by atoms with van der Waals surface area (Å²) < 4.78 is 4.43. The van der Waals surface area contributed by atoms with Crippen LogP contribution in [0.15, 0.2) is 12.1 Å². The van der Waals surface area contributed by atoms with Gasteiger partial charge in [0.05, 0.1) is 0 Å². The minimum absolute atomic E-state index is 0. The number of methoxy groups -OCH3 is 1. The standard InChI is InChI=1S/C12H17N2.C5H9O2.C3H7O.Li/c1-2-3-6-11-8-7-10-5-4-9-13-12(10)14-11;1-3-4(2)5(6)7;1-3-4-2;/h7-8H,1-6,9H2,(H,13,14);4H,1,3H2,2H3,(H,6,7);1,3H2,2H3;/q3*-1;+1/t;4-;;/m.0../s1. The van der Waals surface area contributed by atoms with Crippen LogP contribution in [0.2, 0.25) is 0 Å². The Labute approximate surface area is 171 Å². The average Bonchev–Trinajstić information content (AvgIpc) is 2.66. The van der Waals surface area contributed by atoms with E-state index < -0.39 is 5.97 Å². The van der Waals surface area contributed by atoms with Crippen molar-refractivity contribution in [2.75, 3.05) is 25.6 Å². The van der Waals surface area contributed by atoms with Crippen LogP contribution in [0.25, 0.3) is 0 Å². The smallest absolute Gasteiger partial charge is 0.481 e. The number of carbonyl (C=O) groups is 1. The third kappa shape index (κ3) is 12.3. The fraction of sp³-hybridized carbons (Fsp3) is 0.550. The first-order chi connectivity index (χ1) is 12.0. The van der Waals surface area contributed by atoms with Gasteiger partial charge in [-0.05, 0) is 30.9 Å². The summed E-state index contributed by atoms with van der Waals surface area (Å²) in [5, 5.41) is 11.5. The molecule has 144 valence electrons. The zero-order chi connectivity index (χ0) is 19.1. The minimum Gasteiger partial charge on any atom is -0.481 e. The number of anilines is 1. The van der Waals surface area contributed by atoms with E-state index in [-0.39, 0.29) is 24.8 Å². The SMILES string of the molecule is [CH2-]CCCc1ccc2c(n1)NCCC2.[CH2-]COC.[CH2-]C[C@H](C)C(=O)O.[Li+]. The number of hydrogen-bond donors (Lipinski definition) is 2. The number of unbranched alkanes of at least 4 members (excludes halogenated alkanes) is 1. The topological polar surface area (TPSA) is 71.5 Å². The number of carboxylic acids is 1. The van der Waals surface area contributed by atoms with E-state index in [1.165, 1.54) is 24.1 Å². The van der Waals surface area contributed by atoms with Gasteiger partial charge in [0.2, 0.25) is 0 Å². The molecule has 0 saturated heterocycles. The second-order valence-electron chi connectivity index (χ2n) is 5.82. The van der Waals surface area contributed by atoms with Gasteiger partial charge in [-0.3, -0.25) is 4.79 Å². The quantitative estimate of drug-likeness (QED) is 0.588. The first-order valence-electron chi connectivity index (χ1n) is 8.82. The summed E-state index contributed by atoms with van der Waals surface area (Å²) in [4.78, 5) is 14.5. The maximum absolute atomic E-state index is 9.89. The Balaban J connectivity index is 0. The average molecular weight is 356 g/mol. The van der Waals surface area contributed by atoms with Gasteiger partial charge in [0.1, 0.15) is 5.82 Å². The number of aromatic nitrogens is 1. The fourth-order valence-electron chi connectivity index (χ4n) is 1.94. The van der Waals surface area contributed by atoms with E-state index in [9.17, 15) is 4.79 Å². The molecule has 1 aromatic rings. The van der Waals surface area contributed by atoms with Crippen LogP contribution < -0.4 is 24.2 Å². The van der Waals surface area contributed by atoms with Gasteiger partial charge in [-0.2, -0.15) is 12.8 Å². The Bertz CT molecular complexity index is 482. The summed E-state index contributed by atoms with van der Waals surface area (Å²) in [6.45, 7) is 13.9. The van der Waals surface area contributed by atoms with Gasteiger partial charge in [-0.1, -0.05) is 26.0 Å². The van der Waals surface area contributed by atoms with Gasteiger partial charge in [0, 0.05) is 25.3 Å². The van der Waals surface area contributed by atoms with E-state index in [4.69, 9.17) is 5.11 Å². The minimum atomic E-state index is -0.769. The van der Waals surface area contributed by atoms with Crippen molar-refractivity contribution in [3.05, 3.63) is 44.2 Å². The molecule has 0 spiro atoms. The maximum atomic E-state index is 9.89. The molecular weight excluding hydrogens is 323 g/mol. The van der Waals surface area contributed by atoms with Gasteiger partial charge in [0.25, 0.3) is 0 Å². The Morgan fingerprint density at radius 3 is 2.50 bits per heavy atom. The summed E-state index contributed by atoms with van der Waals surface area (Å²) >= 11 is 0. The van der Waals surface area contributed by atoms with Crippen LogP contribution in [0, 0.1) is 26.7 Å². The number of ether oxygens (including phenoxy) is 1. The van der Waals surface area contributed by atoms with Gasteiger partial charge in [-0.25, -0.2) is 4.98 Å². The number of aryl methyl sites for hydroxylation is 2. The molecule has 0 unspecified atom stereocenters. The summed E-state index contributed by atoms with van der Waals surface area (Å²) in [7, 11) is 1.62. The van der Waals surface area contributed by atoms with Gasteiger partial charge >= 0.3 is 24.8 Å². The summed E-state index contributed by atoms with van der Waals surface area (Å²) in [5.41, 5.74) is 2.57. The molecule has 0 amide bonds. The van der Waals surface area contributed by atoms with Crippen molar-refractivity contribution in [3.8, 4) is 0 Å². The van der Waals surface area contributed by atoms with E-state index in [1.54, 1.807) is 14.0 Å². The third-order valence-corrected chi connectivity index (χ3v) is 3.69. The Morgan fingerprint density at radius 1 is 1.38 bits per heavy atom. The number of hydrogen-bond acceptors (Lipinski definition) is 4. The van der Waals surface area contributed by atoms with E-state index in [0.717, 1.165) is 31.6 Å². The van der Waals surface area contributed by atoms with Gasteiger partial charge in [0.15, 0.2) is 0 Å². The van der Waals surface area contributed by atoms with Crippen molar-refractivity contribution in [2.24, 2.45) is 5.92 Å². The van der Waals surface area contributed by atoms with E-state index in [2.05, 4.69) is 47.9 Å². The molecule has 1 atom stereocenters. The molecule has 2 rings (SSSR count). The molecule has 2 heterocycles. The zero-order valence-electron chi connectivity index (χ0n) is 16.7. The third-order valence-electron chi connectivity index (χ3n) is 3.69. The normalized spacial score (nSPS) is 12.7. The number of pyridine rings is 1. The van der Waals surface area contributed by atoms with E-state index in [1.807, 2.05) is 0 Å². The van der Waals surface area contributed by atoms with Crippen LogP contribution in [0.4, 0.5) is 5.82 Å². The second kappa shape index (κ2) is 17.4. The van der Waals surface area contributed by atoms with E-state index >= 15 is 0 Å². The number of carboxylic acid groups (broad SMARTS) is 1. The van der Waals surface area contributed by atoms with Crippen LogP contribution in [0.3, 0.4) is 0 Å². The molecule has 0 fully saturated rings. The molecule has 26 heavy (non-hydrogen) atoms. The first-order valence-corrected chi connectivity index (χ1v) is 8.82. The fourth-order valence-corrected chi connectivity index (χ4v) is 1.94. The van der Waals surface area contributed by atoms with Gasteiger partial charge < -0.3 is 35.9 Å². The molecule has 5 nitrogen and oxygen atoms in total. The molecule has 1 aromatic heterocycles. The van der Waals surface area contributed by atoms with E-state index in [0.29, 0.717) is 13.0 Å². The number of rotatable bonds is 6. The largest absolute Gasteiger partial charge is 1.00 e. The molecular formula is C20H33LiN2O3-2. The summed E-state index contributed by atoms with van der Waals surface area (Å²) in [6.07, 6.45) is 6.05. The molecule has 0 aliphatic carbocycles. The molecule has 0 saturated carbocycles.